The van der Waals surface area contributed by atoms with Crippen LogP contribution in [-0.2, 0) is 6.54 Å². The zero-order valence-electron chi connectivity index (χ0n) is 18.0. The Kier molecular flexibility index (Phi) is 10.2. The third-order valence-corrected chi connectivity index (χ3v) is 5.42. The Hall–Kier alpha value is -1.32. The first-order valence-electron chi connectivity index (χ1n) is 10.6. The van der Waals surface area contributed by atoms with Gasteiger partial charge in [0, 0.05) is 37.1 Å². The number of nitrogens with zero attached hydrogens (tertiary/aromatic N) is 3. The van der Waals surface area contributed by atoms with E-state index < -0.39 is 0 Å². The van der Waals surface area contributed by atoms with Gasteiger partial charge in [-0.25, -0.2) is 4.99 Å². The third kappa shape index (κ3) is 7.15. The maximum absolute atomic E-state index is 5.98. The van der Waals surface area contributed by atoms with Crippen LogP contribution in [0.2, 0.25) is 0 Å². The number of guanidine groups is 1. The number of benzene rings is 1. The number of rotatable bonds is 7. The van der Waals surface area contributed by atoms with Crippen LogP contribution in [0.15, 0.2) is 33.7 Å². The molecule has 0 saturated carbocycles. The highest BCUT2D eigenvalue weighted by Crippen LogP contribution is 2.25. The lowest BCUT2D eigenvalue weighted by molar-refractivity contribution is 0.274. The predicted molar refractivity (Wildman–Crippen MR) is 132 cm³/mol. The number of para-hydroxylation sites is 1. The Labute approximate surface area is 192 Å². The summed E-state index contributed by atoms with van der Waals surface area (Å²) in [6.45, 7) is 12.5. The molecule has 1 aromatic carbocycles. The summed E-state index contributed by atoms with van der Waals surface area (Å²) in [5.41, 5.74) is 2.12. The Morgan fingerprint density at radius 1 is 1.14 bits per heavy atom. The second-order valence-corrected chi connectivity index (χ2v) is 7.62. The van der Waals surface area contributed by atoms with Gasteiger partial charge in [0.05, 0.1) is 0 Å². The average molecular weight is 513 g/mol. The minimum atomic E-state index is 0. The van der Waals surface area contributed by atoms with E-state index in [2.05, 4.69) is 47.4 Å². The molecule has 2 aromatic rings. The molecule has 0 aliphatic carbocycles. The van der Waals surface area contributed by atoms with E-state index in [-0.39, 0.29) is 24.0 Å². The van der Waals surface area contributed by atoms with Gasteiger partial charge in [0.25, 0.3) is 0 Å². The van der Waals surface area contributed by atoms with Crippen molar-refractivity contribution < 1.29 is 4.42 Å². The van der Waals surface area contributed by atoms with Gasteiger partial charge in [-0.2, -0.15) is 0 Å². The SMILES string of the molecule is CCNC(=NCc1oc2ccccc2c1C)NCCCN1CCCN(C)CC1.I. The molecule has 1 aliphatic rings. The van der Waals surface area contributed by atoms with Gasteiger partial charge >= 0.3 is 0 Å². The molecule has 1 saturated heterocycles. The minimum Gasteiger partial charge on any atom is -0.459 e. The highest BCUT2D eigenvalue weighted by Gasteiger charge is 2.12. The quantitative estimate of drug-likeness (QED) is 0.257. The van der Waals surface area contributed by atoms with E-state index in [9.17, 15) is 0 Å². The van der Waals surface area contributed by atoms with E-state index in [1.807, 2.05) is 18.2 Å². The van der Waals surface area contributed by atoms with Gasteiger partial charge in [-0.1, -0.05) is 18.2 Å². The molecule has 0 unspecified atom stereocenters. The van der Waals surface area contributed by atoms with Gasteiger partial charge in [-0.05, 0) is 59.4 Å². The Morgan fingerprint density at radius 3 is 2.76 bits per heavy atom. The van der Waals surface area contributed by atoms with E-state index in [0.717, 1.165) is 43.4 Å². The summed E-state index contributed by atoms with van der Waals surface area (Å²) in [6, 6.07) is 8.17. The Bertz CT molecular complexity index is 776. The molecule has 7 heteroatoms. The monoisotopic (exact) mass is 513 g/mol. The number of aliphatic imine (C=N–C) groups is 1. The molecule has 1 aromatic heterocycles. The maximum Gasteiger partial charge on any atom is 0.191 e. The van der Waals surface area contributed by atoms with Crippen LogP contribution in [0.3, 0.4) is 0 Å². The van der Waals surface area contributed by atoms with Crippen molar-refractivity contribution >= 4 is 40.9 Å². The van der Waals surface area contributed by atoms with Crippen LogP contribution in [0.25, 0.3) is 11.0 Å². The molecular weight excluding hydrogens is 477 g/mol. The predicted octanol–water partition coefficient (Wildman–Crippen LogP) is 3.44. The van der Waals surface area contributed by atoms with Gasteiger partial charge in [0.1, 0.15) is 17.9 Å². The van der Waals surface area contributed by atoms with Crippen molar-refractivity contribution in [3.8, 4) is 0 Å². The summed E-state index contributed by atoms with van der Waals surface area (Å²) >= 11 is 0. The molecule has 0 atom stereocenters. The molecule has 0 bridgehead atoms. The second kappa shape index (κ2) is 12.4. The third-order valence-electron chi connectivity index (χ3n) is 5.42. The maximum atomic E-state index is 5.98. The van der Waals surface area contributed by atoms with Crippen LogP contribution in [0.4, 0.5) is 0 Å². The number of nitrogens with one attached hydrogen (secondary N) is 2. The minimum absolute atomic E-state index is 0. The van der Waals surface area contributed by atoms with Crippen molar-refractivity contribution in [3.05, 3.63) is 35.6 Å². The van der Waals surface area contributed by atoms with Crippen LogP contribution in [0.5, 0.6) is 0 Å². The van der Waals surface area contributed by atoms with Crippen molar-refractivity contribution in [1.82, 2.24) is 20.4 Å². The summed E-state index contributed by atoms with van der Waals surface area (Å²) in [5.74, 6) is 1.80. The van der Waals surface area contributed by atoms with E-state index in [1.54, 1.807) is 0 Å². The first kappa shape index (κ1) is 24.0. The molecule has 1 fully saturated rings. The molecular formula is C22H36IN5O. The summed E-state index contributed by atoms with van der Waals surface area (Å²) < 4.78 is 5.98. The van der Waals surface area contributed by atoms with Crippen LogP contribution in [-0.4, -0.2) is 68.6 Å². The summed E-state index contributed by atoms with van der Waals surface area (Å²) in [5, 5.41) is 7.98. The zero-order chi connectivity index (χ0) is 19.8. The molecule has 1 aliphatic heterocycles. The number of fused-ring (bicyclic) bond motifs is 1. The number of hydrogen-bond acceptors (Lipinski definition) is 4. The van der Waals surface area contributed by atoms with Crippen molar-refractivity contribution in [3.63, 3.8) is 0 Å². The topological polar surface area (TPSA) is 56.0 Å². The van der Waals surface area contributed by atoms with Gasteiger partial charge in [0.2, 0.25) is 0 Å². The number of furan rings is 1. The number of likely N-dealkylation sites (N-methyl/N-ethyl adjacent to an activating group) is 1. The Balaban J connectivity index is 0.00000300. The number of aryl methyl sites for hydroxylation is 1. The lowest BCUT2D eigenvalue weighted by atomic mass is 10.1. The van der Waals surface area contributed by atoms with Crippen molar-refractivity contribution in [2.75, 3.05) is 52.9 Å². The lowest BCUT2D eigenvalue weighted by Crippen LogP contribution is -2.39. The first-order chi connectivity index (χ1) is 13.7. The fourth-order valence-electron chi connectivity index (χ4n) is 3.70. The summed E-state index contributed by atoms with van der Waals surface area (Å²) in [6.07, 6.45) is 2.39. The molecule has 0 amide bonds. The van der Waals surface area contributed by atoms with Gasteiger partial charge in [-0.3, -0.25) is 0 Å². The molecule has 2 heterocycles. The van der Waals surface area contributed by atoms with E-state index in [1.165, 1.54) is 43.5 Å². The first-order valence-corrected chi connectivity index (χ1v) is 10.6. The van der Waals surface area contributed by atoms with Crippen LogP contribution < -0.4 is 10.6 Å². The van der Waals surface area contributed by atoms with Gasteiger partial charge < -0.3 is 24.9 Å². The molecule has 29 heavy (non-hydrogen) atoms. The van der Waals surface area contributed by atoms with E-state index in [0.29, 0.717) is 6.54 Å². The Morgan fingerprint density at radius 2 is 1.97 bits per heavy atom. The van der Waals surface area contributed by atoms with Crippen LogP contribution in [0.1, 0.15) is 31.1 Å². The molecule has 2 N–H and O–H groups in total. The highest BCUT2D eigenvalue weighted by atomic mass is 127. The summed E-state index contributed by atoms with van der Waals surface area (Å²) in [4.78, 5) is 9.73. The van der Waals surface area contributed by atoms with E-state index in [4.69, 9.17) is 9.41 Å². The molecule has 0 radical (unpaired) electrons. The zero-order valence-corrected chi connectivity index (χ0v) is 20.4. The molecule has 162 valence electrons. The summed E-state index contributed by atoms with van der Waals surface area (Å²) in [7, 11) is 2.22. The molecule has 3 rings (SSSR count). The molecule has 0 spiro atoms. The normalized spacial score (nSPS) is 16.4. The van der Waals surface area contributed by atoms with Crippen molar-refractivity contribution in [1.29, 1.82) is 0 Å². The largest absolute Gasteiger partial charge is 0.459 e. The standard InChI is InChI=1S/C22H35N5O.HI/c1-4-23-22(24-11-7-13-27-14-8-12-26(3)15-16-27)25-17-21-18(2)19-9-5-6-10-20(19)28-21;/h5-6,9-10H,4,7-8,11-17H2,1-3H3,(H2,23,24,25);1H. The van der Waals surface area contributed by atoms with Crippen molar-refractivity contribution in [2.45, 2.75) is 33.2 Å². The van der Waals surface area contributed by atoms with E-state index >= 15 is 0 Å². The lowest BCUT2D eigenvalue weighted by Gasteiger charge is -2.20. The molecule has 6 nitrogen and oxygen atoms in total. The second-order valence-electron chi connectivity index (χ2n) is 7.62. The number of halogens is 1. The average Bonchev–Trinajstić information content (AvgIpc) is 2.87. The number of hydrogen-bond donors (Lipinski definition) is 2. The fourth-order valence-corrected chi connectivity index (χ4v) is 3.70. The smallest absolute Gasteiger partial charge is 0.191 e. The highest BCUT2D eigenvalue weighted by molar-refractivity contribution is 14.0. The van der Waals surface area contributed by atoms with Crippen LogP contribution in [0, 0.1) is 6.92 Å². The fraction of sp³-hybridized carbons (Fsp3) is 0.591. The van der Waals surface area contributed by atoms with Crippen molar-refractivity contribution in [2.24, 2.45) is 4.99 Å². The van der Waals surface area contributed by atoms with Gasteiger partial charge in [0.15, 0.2) is 5.96 Å². The van der Waals surface area contributed by atoms with Crippen LogP contribution >= 0.6 is 24.0 Å². The van der Waals surface area contributed by atoms with Gasteiger partial charge in [-0.15, -0.1) is 24.0 Å².